The highest BCUT2D eigenvalue weighted by Crippen LogP contribution is 2.27. The van der Waals surface area contributed by atoms with Gasteiger partial charge in [0, 0.05) is 13.1 Å². The number of nitrogens with two attached hydrogens (primary N) is 1. The van der Waals surface area contributed by atoms with E-state index >= 15 is 0 Å². The molecule has 5 heteroatoms. The van der Waals surface area contributed by atoms with Crippen molar-refractivity contribution in [1.82, 2.24) is 0 Å². The van der Waals surface area contributed by atoms with E-state index in [9.17, 15) is 4.79 Å². The van der Waals surface area contributed by atoms with Gasteiger partial charge in [-0.3, -0.25) is 0 Å². The summed E-state index contributed by atoms with van der Waals surface area (Å²) >= 11 is 0. The molecule has 0 aromatic heterocycles. The number of esters is 1. The Hall–Kier alpha value is -1.75. The predicted octanol–water partition coefficient (Wildman–Crippen LogP) is 1.67. The molecular formula is C14H20N2O3. The van der Waals surface area contributed by atoms with Gasteiger partial charge in [-0.25, -0.2) is 4.79 Å². The van der Waals surface area contributed by atoms with E-state index in [2.05, 4.69) is 4.90 Å². The smallest absolute Gasteiger partial charge is 0.337 e. The van der Waals surface area contributed by atoms with Gasteiger partial charge in [0.2, 0.25) is 0 Å². The number of nitrogens with zero attached hydrogens (tertiary/aromatic N) is 1. The summed E-state index contributed by atoms with van der Waals surface area (Å²) in [5.41, 5.74) is 8.06. The minimum absolute atomic E-state index is 0.143. The molecule has 0 spiro atoms. The summed E-state index contributed by atoms with van der Waals surface area (Å²) in [6, 6.07) is 5.20. The molecule has 2 atom stereocenters. The number of anilines is 2. The number of hydrogen-bond acceptors (Lipinski definition) is 5. The molecule has 1 saturated heterocycles. The van der Waals surface area contributed by atoms with Crippen molar-refractivity contribution in [3.8, 4) is 0 Å². The Morgan fingerprint density at radius 1 is 1.37 bits per heavy atom. The molecule has 0 aliphatic carbocycles. The molecule has 19 heavy (non-hydrogen) atoms. The molecule has 1 aliphatic heterocycles. The van der Waals surface area contributed by atoms with Crippen LogP contribution in [0.3, 0.4) is 0 Å². The van der Waals surface area contributed by atoms with Crippen LogP contribution in [0, 0.1) is 0 Å². The average Bonchev–Trinajstić information content (AvgIpc) is 2.37. The number of carbonyl (C=O) groups is 1. The lowest BCUT2D eigenvalue weighted by Gasteiger charge is -2.37. The third-order valence-electron chi connectivity index (χ3n) is 3.21. The summed E-state index contributed by atoms with van der Waals surface area (Å²) < 4.78 is 10.4. The molecule has 0 unspecified atom stereocenters. The van der Waals surface area contributed by atoms with Gasteiger partial charge < -0.3 is 20.1 Å². The molecule has 0 bridgehead atoms. The van der Waals surface area contributed by atoms with Crippen molar-refractivity contribution in [1.29, 1.82) is 0 Å². The Kier molecular flexibility index (Phi) is 3.95. The Balaban J connectivity index is 2.30. The van der Waals surface area contributed by atoms with Crippen molar-refractivity contribution in [2.75, 3.05) is 30.8 Å². The number of rotatable bonds is 2. The molecule has 2 N–H and O–H groups in total. The average molecular weight is 264 g/mol. The van der Waals surface area contributed by atoms with Gasteiger partial charge >= 0.3 is 5.97 Å². The highest BCUT2D eigenvalue weighted by molar-refractivity contribution is 5.92. The molecule has 0 amide bonds. The molecule has 1 aliphatic rings. The van der Waals surface area contributed by atoms with Crippen molar-refractivity contribution < 1.29 is 14.3 Å². The van der Waals surface area contributed by atoms with E-state index in [0.717, 1.165) is 18.8 Å². The van der Waals surface area contributed by atoms with Gasteiger partial charge in [0.25, 0.3) is 0 Å². The van der Waals surface area contributed by atoms with Crippen molar-refractivity contribution in [2.45, 2.75) is 26.1 Å². The van der Waals surface area contributed by atoms with Crippen LogP contribution < -0.4 is 10.6 Å². The van der Waals surface area contributed by atoms with Gasteiger partial charge in [-0.15, -0.1) is 0 Å². The largest absolute Gasteiger partial charge is 0.465 e. The Bertz CT molecular complexity index is 466. The Labute approximate surface area is 113 Å². The van der Waals surface area contributed by atoms with Gasteiger partial charge in [-0.2, -0.15) is 0 Å². The number of carbonyl (C=O) groups excluding carboxylic acids is 1. The fraction of sp³-hybridized carbons (Fsp3) is 0.500. The first-order chi connectivity index (χ1) is 9.01. The fourth-order valence-electron chi connectivity index (χ4n) is 2.44. The van der Waals surface area contributed by atoms with E-state index in [1.54, 1.807) is 18.2 Å². The molecule has 0 saturated carbocycles. The quantitative estimate of drug-likeness (QED) is 0.650. The van der Waals surface area contributed by atoms with E-state index in [4.69, 9.17) is 15.2 Å². The fourth-order valence-corrected chi connectivity index (χ4v) is 2.44. The summed E-state index contributed by atoms with van der Waals surface area (Å²) in [4.78, 5) is 13.7. The summed E-state index contributed by atoms with van der Waals surface area (Å²) in [5.74, 6) is -0.351. The van der Waals surface area contributed by atoms with Gasteiger partial charge in [0.05, 0.1) is 36.3 Å². The number of benzene rings is 1. The van der Waals surface area contributed by atoms with E-state index in [0.29, 0.717) is 11.3 Å². The Morgan fingerprint density at radius 3 is 2.58 bits per heavy atom. The monoisotopic (exact) mass is 264 g/mol. The maximum absolute atomic E-state index is 11.6. The second-order valence-corrected chi connectivity index (χ2v) is 4.93. The van der Waals surface area contributed by atoms with E-state index < -0.39 is 0 Å². The predicted molar refractivity (Wildman–Crippen MR) is 74.4 cm³/mol. The van der Waals surface area contributed by atoms with Crippen molar-refractivity contribution in [2.24, 2.45) is 0 Å². The van der Waals surface area contributed by atoms with Crippen LogP contribution in [-0.2, 0) is 9.47 Å². The normalized spacial score (nSPS) is 23.2. The molecule has 1 aromatic rings. The first kappa shape index (κ1) is 13.7. The molecule has 1 aromatic carbocycles. The van der Waals surface area contributed by atoms with Crippen LogP contribution >= 0.6 is 0 Å². The summed E-state index contributed by atoms with van der Waals surface area (Å²) in [5, 5.41) is 0. The van der Waals surface area contributed by atoms with Crippen LogP contribution in [-0.4, -0.2) is 38.4 Å². The third kappa shape index (κ3) is 2.98. The number of methoxy groups -OCH3 is 1. The van der Waals surface area contributed by atoms with E-state index in [1.165, 1.54) is 7.11 Å². The molecule has 1 fully saturated rings. The highest BCUT2D eigenvalue weighted by atomic mass is 16.5. The van der Waals surface area contributed by atoms with Gasteiger partial charge in [0.15, 0.2) is 0 Å². The van der Waals surface area contributed by atoms with Crippen LogP contribution in [0.1, 0.15) is 24.2 Å². The van der Waals surface area contributed by atoms with Crippen LogP contribution in [0.15, 0.2) is 18.2 Å². The molecule has 1 heterocycles. The van der Waals surface area contributed by atoms with Gasteiger partial charge in [-0.05, 0) is 32.0 Å². The third-order valence-corrected chi connectivity index (χ3v) is 3.21. The standard InChI is InChI=1S/C14H20N2O3/c1-9-7-16(8-10(2)19-9)13-6-11(14(17)18-3)4-5-12(13)15/h4-6,9-10H,7-8,15H2,1-3H3/t9-,10+. The van der Waals surface area contributed by atoms with Gasteiger partial charge in [-0.1, -0.05) is 0 Å². The lowest BCUT2D eigenvalue weighted by atomic mass is 10.1. The van der Waals surface area contributed by atoms with Gasteiger partial charge in [0.1, 0.15) is 0 Å². The first-order valence-electron chi connectivity index (χ1n) is 6.39. The van der Waals surface area contributed by atoms with Crippen LogP contribution in [0.4, 0.5) is 11.4 Å². The molecule has 2 rings (SSSR count). The molecular weight excluding hydrogens is 244 g/mol. The number of hydrogen-bond donors (Lipinski definition) is 1. The minimum Gasteiger partial charge on any atom is -0.465 e. The highest BCUT2D eigenvalue weighted by Gasteiger charge is 2.24. The zero-order chi connectivity index (χ0) is 14.0. The number of morpholine rings is 1. The lowest BCUT2D eigenvalue weighted by Crippen LogP contribution is -2.45. The number of ether oxygens (including phenoxy) is 2. The summed E-state index contributed by atoms with van der Waals surface area (Å²) in [6.45, 7) is 5.59. The zero-order valence-corrected chi connectivity index (χ0v) is 11.6. The molecule has 104 valence electrons. The van der Waals surface area contributed by atoms with E-state index in [1.807, 2.05) is 13.8 Å². The summed E-state index contributed by atoms with van der Waals surface area (Å²) in [7, 11) is 1.37. The maximum atomic E-state index is 11.6. The lowest BCUT2D eigenvalue weighted by molar-refractivity contribution is -0.00517. The second kappa shape index (κ2) is 5.48. The Morgan fingerprint density at radius 2 is 2.00 bits per heavy atom. The zero-order valence-electron chi connectivity index (χ0n) is 11.6. The summed E-state index contributed by atoms with van der Waals surface area (Å²) in [6.07, 6.45) is 0.287. The second-order valence-electron chi connectivity index (χ2n) is 4.93. The minimum atomic E-state index is -0.351. The molecule has 5 nitrogen and oxygen atoms in total. The first-order valence-corrected chi connectivity index (χ1v) is 6.39. The molecule has 0 radical (unpaired) electrons. The topological polar surface area (TPSA) is 64.8 Å². The number of nitrogen functional groups attached to an aromatic ring is 1. The van der Waals surface area contributed by atoms with Crippen LogP contribution in [0.25, 0.3) is 0 Å². The van der Waals surface area contributed by atoms with Crippen molar-refractivity contribution >= 4 is 17.3 Å². The SMILES string of the molecule is COC(=O)c1ccc(N)c(N2C[C@@H](C)O[C@@H](C)C2)c1. The van der Waals surface area contributed by atoms with Crippen molar-refractivity contribution in [3.05, 3.63) is 23.8 Å². The van der Waals surface area contributed by atoms with E-state index in [-0.39, 0.29) is 18.2 Å². The van der Waals surface area contributed by atoms with Crippen LogP contribution in [0.2, 0.25) is 0 Å². The maximum Gasteiger partial charge on any atom is 0.337 e. The van der Waals surface area contributed by atoms with Crippen LogP contribution in [0.5, 0.6) is 0 Å². The van der Waals surface area contributed by atoms with Crippen molar-refractivity contribution in [3.63, 3.8) is 0 Å².